The Bertz CT molecular complexity index is 918. The van der Waals surface area contributed by atoms with Crippen molar-refractivity contribution in [1.82, 2.24) is 19.7 Å². The predicted molar refractivity (Wildman–Crippen MR) is 92.3 cm³/mol. The fraction of sp³-hybridized carbons (Fsp3) is 0.176. The molecule has 0 spiro atoms. The summed E-state index contributed by atoms with van der Waals surface area (Å²) in [5.74, 6) is -0.482. The van der Waals surface area contributed by atoms with Gasteiger partial charge in [-0.05, 0) is 12.1 Å². The maximum atomic E-state index is 11.8. The Kier molecular flexibility index (Phi) is 4.71. The smallest absolute Gasteiger partial charge is 0.271 e. The van der Waals surface area contributed by atoms with Gasteiger partial charge in [-0.2, -0.15) is 0 Å². The van der Waals surface area contributed by atoms with Crippen molar-refractivity contribution in [2.45, 2.75) is 0 Å². The van der Waals surface area contributed by atoms with Gasteiger partial charge < -0.3 is 15.4 Å². The maximum Gasteiger partial charge on any atom is 0.271 e. The van der Waals surface area contributed by atoms with Crippen LogP contribution in [0.2, 0.25) is 0 Å². The molecule has 1 aromatic carbocycles. The SMILES string of the molecule is CNC(=O)c1cn2c(-c3ccc(NC(=O)COC)cc3)cnc2cn1. The van der Waals surface area contributed by atoms with Gasteiger partial charge >= 0.3 is 0 Å². The summed E-state index contributed by atoms with van der Waals surface area (Å²) in [4.78, 5) is 31.7. The molecule has 2 heterocycles. The Balaban J connectivity index is 1.91. The second-order valence-corrected chi connectivity index (χ2v) is 5.28. The quantitative estimate of drug-likeness (QED) is 0.731. The van der Waals surface area contributed by atoms with E-state index in [2.05, 4.69) is 20.6 Å². The number of benzene rings is 1. The van der Waals surface area contributed by atoms with Gasteiger partial charge in [0.2, 0.25) is 5.91 Å². The molecule has 0 atom stereocenters. The number of carbonyl (C=O) groups is 2. The summed E-state index contributed by atoms with van der Waals surface area (Å²) in [6, 6.07) is 7.32. The lowest BCUT2D eigenvalue weighted by Gasteiger charge is -2.07. The molecule has 2 N–H and O–H groups in total. The molecule has 3 aromatic rings. The van der Waals surface area contributed by atoms with E-state index in [9.17, 15) is 9.59 Å². The Morgan fingerprint density at radius 2 is 1.92 bits per heavy atom. The Morgan fingerprint density at radius 3 is 2.60 bits per heavy atom. The van der Waals surface area contributed by atoms with Crippen molar-refractivity contribution < 1.29 is 14.3 Å². The molecule has 25 heavy (non-hydrogen) atoms. The molecule has 0 bridgehead atoms. The second kappa shape index (κ2) is 7.10. The summed E-state index contributed by atoms with van der Waals surface area (Å²) in [6.07, 6.45) is 4.90. The highest BCUT2D eigenvalue weighted by atomic mass is 16.5. The lowest BCUT2D eigenvalue weighted by Crippen LogP contribution is -2.19. The third-order valence-corrected chi connectivity index (χ3v) is 3.60. The van der Waals surface area contributed by atoms with Gasteiger partial charge in [-0.25, -0.2) is 9.97 Å². The number of amides is 2. The van der Waals surface area contributed by atoms with Gasteiger partial charge in [0.25, 0.3) is 5.91 Å². The topological polar surface area (TPSA) is 97.6 Å². The van der Waals surface area contributed by atoms with Crippen LogP contribution in [0.25, 0.3) is 16.9 Å². The van der Waals surface area contributed by atoms with E-state index < -0.39 is 0 Å². The van der Waals surface area contributed by atoms with Crippen molar-refractivity contribution in [3.05, 3.63) is 48.5 Å². The van der Waals surface area contributed by atoms with E-state index >= 15 is 0 Å². The number of methoxy groups -OCH3 is 1. The monoisotopic (exact) mass is 339 g/mol. The molecule has 128 valence electrons. The van der Waals surface area contributed by atoms with Crippen LogP contribution in [0.4, 0.5) is 5.69 Å². The van der Waals surface area contributed by atoms with Crippen molar-refractivity contribution >= 4 is 23.1 Å². The lowest BCUT2D eigenvalue weighted by molar-refractivity contribution is -0.119. The number of fused-ring (bicyclic) bond motifs is 1. The van der Waals surface area contributed by atoms with Gasteiger partial charge in [-0.15, -0.1) is 0 Å². The zero-order chi connectivity index (χ0) is 17.8. The van der Waals surface area contributed by atoms with E-state index in [1.54, 1.807) is 42.2 Å². The van der Waals surface area contributed by atoms with Crippen molar-refractivity contribution in [2.75, 3.05) is 26.1 Å². The number of rotatable bonds is 5. The Hall–Kier alpha value is -3.26. The number of nitrogens with zero attached hydrogens (tertiary/aromatic N) is 3. The fourth-order valence-corrected chi connectivity index (χ4v) is 2.40. The first-order valence-corrected chi connectivity index (χ1v) is 7.57. The number of anilines is 1. The maximum absolute atomic E-state index is 11.8. The van der Waals surface area contributed by atoms with Crippen LogP contribution in [-0.2, 0) is 9.53 Å². The Labute approximate surface area is 143 Å². The van der Waals surface area contributed by atoms with Crippen molar-refractivity contribution in [1.29, 1.82) is 0 Å². The first kappa shape index (κ1) is 16.6. The normalized spacial score (nSPS) is 10.6. The lowest BCUT2D eigenvalue weighted by atomic mass is 10.1. The van der Waals surface area contributed by atoms with Crippen LogP contribution in [0.15, 0.2) is 42.9 Å². The van der Waals surface area contributed by atoms with Crippen LogP contribution < -0.4 is 10.6 Å². The molecule has 0 aliphatic heterocycles. The number of aromatic nitrogens is 3. The molecule has 8 nitrogen and oxygen atoms in total. The Morgan fingerprint density at radius 1 is 1.16 bits per heavy atom. The summed E-state index contributed by atoms with van der Waals surface area (Å²) < 4.78 is 6.59. The zero-order valence-corrected chi connectivity index (χ0v) is 13.8. The molecule has 3 rings (SSSR count). The average molecular weight is 339 g/mol. The number of imidazole rings is 1. The molecule has 2 aromatic heterocycles. The van der Waals surface area contributed by atoms with Crippen LogP contribution >= 0.6 is 0 Å². The summed E-state index contributed by atoms with van der Waals surface area (Å²) >= 11 is 0. The van der Waals surface area contributed by atoms with E-state index in [1.807, 2.05) is 12.1 Å². The second-order valence-electron chi connectivity index (χ2n) is 5.28. The summed E-state index contributed by atoms with van der Waals surface area (Å²) in [6.45, 7) is 0.00425. The van der Waals surface area contributed by atoms with Crippen LogP contribution in [0.3, 0.4) is 0 Å². The third kappa shape index (κ3) is 3.48. The van der Waals surface area contributed by atoms with E-state index in [0.717, 1.165) is 11.3 Å². The predicted octanol–water partition coefficient (Wildman–Crippen LogP) is 1.34. The molecule has 0 saturated carbocycles. The molecule has 0 saturated heterocycles. The molecular weight excluding hydrogens is 322 g/mol. The number of nitrogens with one attached hydrogen (secondary N) is 2. The molecule has 0 fully saturated rings. The van der Waals surface area contributed by atoms with Gasteiger partial charge in [-0.3, -0.25) is 14.0 Å². The number of ether oxygens (including phenoxy) is 1. The van der Waals surface area contributed by atoms with Crippen LogP contribution in [0, 0.1) is 0 Å². The van der Waals surface area contributed by atoms with Gasteiger partial charge in [0.15, 0.2) is 5.65 Å². The van der Waals surface area contributed by atoms with Crippen molar-refractivity contribution in [2.24, 2.45) is 0 Å². The summed E-state index contributed by atoms with van der Waals surface area (Å²) in [5.41, 5.74) is 3.33. The first-order valence-electron chi connectivity index (χ1n) is 7.57. The minimum Gasteiger partial charge on any atom is -0.375 e. The van der Waals surface area contributed by atoms with Gasteiger partial charge in [-0.1, -0.05) is 12.1 Å². The number of hydrogen-bond donors (Lipinski definition) is 2. The molecule has 0 radical (unpaired) electrons. The highest BCUT2D eigenvalue weighted by molar-refractivity contribution is 5.92. The molecule has 0 aliphatic rings. The van der Waals surface area contributed by atoms with Crippen molar-refractivity contribution in [3.63, 3.8) is 0 Å². The summed E-state index contributed by atoms with van der Waals surface area (Å²) in [7, 11) is 3.02. The fourth-order valence-electron chi connectivity index (χ4n) is 2.40. The van der Waals surface area contributed by atoms with Crippen LogP contribution in [-0.4, -0.2) is 46.9 Å². The molecule has 0 unspecified atom stereocenters. The standard InChI is InChI=1S/C17H17N5O3/c1-18-17(24)13-9-22-14(7-20-15(22)8-19-13)11-3-5-12(6-4-11)21-16(23)10-25-2/h3-9H,10H2,1-2H3,(H,18,24)(H,21,23). The van der Waals surface area contributed by atoms with E-state index in [4.69, 9.17) is 4.74 Å². The van der Waals surface area contributed by atoms with Crippen LogP contribution in [0.1, 0.15) is 10.5 Å². The minimum absolute atomic E-state index is 0.00425. The average Bonchev–Trinajstić information content (AvgIpc) is 3.05. The van der Waals surface area contributed by atoms with E-state index in [0.29, 0.717) is 17.0 Å². The first-order chi connectivity index (χ1) is 12.1. The largest absolute Gasteiger partial charge is 0.375 e. The number of carbonyl (C=O) groups excluding carboxylic acids is 2. The zero-order valence-electron chi connectivity index (χ0n) is 13.8. The molecule has 8 heteroatoms. The van der Waals surface area contributed by atoms with Crippen molar-refractivity contribution in [3.8, 4) is 11.3 Å². The highest BCUT2D eigenvalue weighted by Crippen LogP contribution is 2.22. The van der Waals surface area contributed by atoms with E-state index in [-0.39, 0.29) is 18.4 Å². The van der Waals surface area contributed by atoms with Gasteiger partial charge in [0, 0.05) is 31.6 Å². The third-order valence-electron chi connectivity index (χ3n) is 3.60. The van der Waals surface area contributed by atoms with E-state index in [1.165, 1.54) is 7.11 Å². The molecule has 2 amide bonds. The van der Waals surface area contributed by atoms with Gasteiger partial charge in [0.05, 0.1) is 18.1 Å². The molecular formula is C17H17N5O3. The minimum atomic E-state index is -0.266. The summed E-state index contributed by atoms with van der Waals surface area (Å²) in [5, 5.41) is 5.28. The number of hydrogen-bond acceptors (Lipinski definition) is 5. The van der Waals surface area contributed by atoms with Crippen LogP contribution in [0.5, 0.6) is 0 Å². The highest BCUT2D eigenvalue weighted by Gasteiger charge is 2.11. The van der Waals surface area contributed by atoms with Gasteiger partial charge in [0.1, 0.15) is 12.3 Å². The molecule has 0 aliphatic carbocycles.